The molecule has 0 unspecified atom stereocenters. The van der Waals surface area contributed by atoms with Gasteiger partial charge in [-0.15, -0.1) is 0 Å². The van der Waals surface area contributed by atoms with Crippen molar-refractivity contribution in [3.63, 3.8) is 0 Å². The number of hydrogen-bond acceptors (Lipinski definition) is 5. The van der Waals surface area contributed by atoms with Crippen LogP contribution in [-0.4, -0.2) is 9.97 Å². The van der Waals surface area contributed by atoms with Gasteiger partial charge in [-0.3, -0.25) is 0 Å². The zero-order chi connectivity index (χ0) is 13.1. The molecule has 0 saturated carbocycles. The molecule has 0 saturated heterocycles. The van der Waals surface area contributed by atoms with Crippen molar-refractivity contribution in [2.24, 2.45) is 5.84 Å². The Bertz CT molecular complexity index is 573. The summed E-state index contributed by atoms with van der Waals surface area (Å²) in [5.74, 6) is 6.53. The van der Waals surface area contributed by atoms with Crippen LogP contribution >= 0.6 is 31.9 Å². The maximum absolute atomic E-state index is 5.36. The quantitative estimate of drug-likeness (QED) is 0.569. The second-order valence-electron chi connectivity index (χ2n) is 3.64. The standard InChI is InChI=1S/C11H11Br2N5/c1-6-2-3-7(12)8(4-6)17-10-9(13)11(18-14)16-5-15-10/h2-5H,14H2,1H3,(H2,15,16,17,18). The normalized spacial score (nSPS) is 10.2. The number of aryl methyl sites for hydroxylation is 1. The van der Waals surface area contributed by atoms with E-state index in [0.29, 0.717) is 16.1 Å². The molecule has 1 aromatic heterocycles. The average Bonchev–Trinajstić information content (AvgIpc) is 2.36. The zero-order valence-corrected chi connectivity index (χ0v) is 12.7. The molecule has 18 heavy (non-hydrogen) atoms. The highest BCUT2D eigenvalue weighted by atomic mass is 79.9. The van der Waals surface area contributed by atoms with E-state index in [1.165, 1.54) is 6.33 Å². The maximum atomic E-state index is 5.36. The summed E-state index contributed by atoms with van der Waals surface area (Å²) in [7, 11) is 0. The zero-order valence-electron chi connectivity index (χ0n) is 9.54. The first kappa shape index (κ1) is 13.3. The fourth-order valence-corrected chi connectivity index (χ4v) is 2.18. The van der Waals surface area contributed by atoms with Crippen LogP contribution in [0, 0.1) is 6.92 Å². The molecule has 5 nitrogen and oxygen atoms in total. The molecule has 0 bridgehead atoms. The lowest BCUT2D eigenvalue weighted by Gasteiger charge is -2.11. The Morgan fingerprint density at radius 2 is 1.89 bits per heavy atom. The number of rotatable bonds is 3. The first-order valence-electron chi connectivity index (χ1n) is 5.12. The van der Waals surface area contributed by atoms with Crippen LogP contribution in [0.15, 0.2) is 33.5 Å². The van der Waals surface area contributed by atoms with Crippen LogP contribution in [0.3, 0.4) is 0 Å². The van der Waals surface area contributed by atoms with Crippen LogP contribution < -0.4 is 16.6 Å². The number of nitrogen functional groups attached to an aromatic ring is 1. The van der Waals surface area contributed by atoms with Crippen LogP contribution in [0.25, 0.3) is 0 Å². The van der Waals surface area contributed by atoms with Crippen LogP contribution in [0.5, 0.6) is 0 Å². The highest BCUT2D eigenvalue weighted by Gasteiger charge is 2.09. The smallest absolute Gasteiger partial charge is 0.159 e. The Hall–Kier alpha value is -1.18. The van der Waals surface area contributed by atoms with Gasteiger partial charge < -0.3 is 10.7 Å². The molecule has 2 rings (SSSR count). The van der Waals surface area contributed by atoms with E-state index in [4.69, 9.17) is 5.84 Å². The average molecular weight is 373 g/mol. The molecule has 0 radical (unpaired) electrons. The third-order valence-corrected chi connectivity index (χ3v) is 3.74. The highest BCUT2D eigenvalue weighted by molar-refractivity contribution is 9.11. The molecule has 0 atom stereocenters. The maximum Gasteiger partial charge on any atom is 0.159 e. The van der Waals surface area contributed by atoms with Crippen molar-refractivity contribution in [1.82, 2.24) is 9.97 Å². The lowest BCUT2D eigenvalue weighted by Crippen LogP contribution is -2.10. The molecule has 0 aliphatic carbocycles. The van der Waals surface area contributed by atoms with Crippen LogP contribution in [0.2, 0.25) is 0 Å². The first-order chi connectivity index (χ1) is 8.61. The summed E-state index contributed by atoms with van der Waals surface area (Å²) in [5, 5.41) is 3.22. The molecule has 2 aromatic rings. The molecule has 0 fully saturated rings. The van der Waals surface area contributed by atoms with E-state index in [0.717, 1.165) is 15.7 Å². The molecular weight excluding hydrogens is 362 g/mol. The van der Waals surface area contributed by atoms with E-state index < -0.39 is 0 Å². The summed E-state index contributed by atoms with van der Waals surface area (Å²) in [6, 6.07) is 6.03. The Kier molecular flexibility index (Phi) is 4.15. The molecule has 0 aliphatic heterocycles. The Labute approximate surface area is 121 Å². The van der Waals surface area contributed by atoms with Gasteiger partial charge in [-0.1, -0.05) is 6.07 Å². The summed E-state index contributed by atoms with van der Waals surface area (Å²) < 4.78 is 1.64. The van der Waals surface area contributed by atoms with Crippen molar-refractivity contribution in [2.75, 3.05) is 10.7 Å². The molecule has 0 spiro atoms. The predicted molar refractivity (Wildman–Crippen MR) is 79.7 cm³/mol. The van der Waals surface area contributed by atoms with Crippen molar-refractivity contribution >= 4 is 49.2 Å². The van der Waals surface area contributed by atoms with E-state index >= 15 is 0 Å². The number of anilines is 3. The summed E-state index contributed by atoms with van der Waals surface area (Å²) in [6.07, 6.45) is 1.44. The Morgan fingerprint density at radius 1 is 1.17 bits per heavy atom. The molecule has 0 amide bonds. The Balaban J connectivity index is 2.37. The van der Waals surface area contributed by atoms with Gasteiger partial charge in [-0.25, -0.2) is 15.8 Å². The number of nitrogens with zero attached hydrogens (tertiary/aromatic N) is 2. The SMILES string of the molecule is Cc1ccc(Br)c(Nc2ncnc(NN)c2Br)c1. The fourth-order valence-electron chi connectivity index (χ4n) is 1.42. The van der Waals surface area contributed by atoms with Gasteiger partial charge in [0.1, 0.15) is 16.6 Å². The van der Waals surface area contributed by atoms with E-state index in [-0.39, 0.29) is 0 Å². The number of aromatic nitrogens is 2. The van der Waals surface area contributed by atoms with E-state index in [9.17, 15) is 0 Å². The van der Waals surface area contributed by atoms with Crippen molar-refractivity contribution in [1.29, 1.82) is 0 Å². The predicted octanol–water partition coefficient (Wildman–Crippen LogP) is 3.34. The van der Waals surface area contributed by atoms with Gasteiger partial charge in [0.2, 0.25) is 0 Å². The minimum atomic E-state index is 0.524. The number of hydrazine groups is 1. The van der Waals surface area contributed by atoms with Crippen molar-refractivity contribution in [3.8, 4) is 0 Å². The van der Waals surface area contributed by atoms with Crippen molar-refractivity contribution in [2.45, 2.75) is 6.92 Å². The molecule has 1 heterocycles. The lowest BCUT2D eigenvalue weighted by molar-refractivity contribution is 1.12. The third kappa shape index (κ3) is 2.80. The summed E-state index contributed by atoms with van der Waals surface area (Å²) >= 11 is 6.88. The highest BCUT2D eigenvalue weighted by Crippen LogP contribution is 2.31. The minimum absolute atomic E-state index is 0.524. The van der Waals surface area contributed by atoms with E-state index in [1.54, 1.807) is 0 Å². The third-order valence-electron chi connectivity index (χ3n) is 2.30. The summed E-state index contributed by atoms with van der Waals surface area (Å²) in [5.41, 5.74) is 4.58. The molecular formula is C11H11Br2N5. The first-order valence-corrected chi connectivity index (χ1v) is 6.70. The van der Waals surface area contributed by atoms with Crippen molar-refractivity contribution < 1.29 is 0 Å². The van der Waals surface area contributed by atoms with Gasteiger partial charge in [0.15, 0.2) is 5.82 Å². The fraction of sp³-hybridized carbons (Fsp3) is 0.0909. The van der Waals surface area contributed by atoms with Crippen molar-refractivity contribution in [3.05, 3.63) is 39.0 Å². The largest absolute Gasteiger partial charge is 0.338 e. The van der Waals surface area contributed by atoms with Gasteiger partial charge in [-0.2, -0.15) is 0 Å². The number of nitrogens with two attached hydrogens (primary N) is 1. The van der Waals surface area contributed by atoms with Gasteiger partial charge in [0.25, 0.3) is 0 Å². The van der Waals surface area contributed by atoms with Crippen LogP contribution in [0.1, 0.15) is 5.56 Å². The second-order valence-corrected chi connectivity index (χ2v) is 5.28. The Morgan fingerprint density at radius 3 is 2.61 bits per heavy atom. The molecule has 4 N–H and O–H groups in total. The number of nitrogens with one attached hydrogen (secondary N) is 2. The van der Waals surface area contributed by atoms with Gasteiger partial charge >= 0.3 is 0 Å². The number of halogens is 2. The van der Waals surface area contributed by atoms with E-state index in [1.807, 2.05) is 25.1 Å². The second kappa shape index (κ2) is 5.64. The number of benzene rings is 1. The van der Waals surface area contributed by atoms with Gasteiger partial charge in [0.05, 0.1) is 5.69 Å². The van der Waals surface area contributed by atoms with Crippen LogP contribution in [0.4, 0.5) is 17.3 Å². The molecule has 0 aliphatic rings. The molecule has 7 heteroatoms. The van der Waals surface area contributed by atoms with Gasteiger partial charge in [-0.05, 0) is 56.5 Å². The van der Waals surface area contributed by atoms with Gasteiger partial charge in [0, 0.05) is 4.47 Å². The minimum Gasteiger partial charge on any atom is -0.338 e. The van der Waals surface area contributed by atoms with E-state index in [2.05, 4.69) is 52.6 Å². The number of hydrogen-bond donors (Lipinski definition) is 3. The van der Waals surface area contributed by atoms with Crippen LogP contribution in [-0.2, 0) is 0 Å². The molecule has 94 valence electrons. The monoisotopic (exact) mass is 371 g/mol. The topological polar surface area (TPSA) is 75.9 Å². The summed E-state index contributed by atoms with van der Waals surface area (Å²) in [6.45, 7) is 2.03. The molecule has 1 aromatic carbocycles. The summed E-state index contributed by atoms with van der Waals surface area (Å²) in [4.78, 5) is 8.16. The lowest BCUT2D eigenvalue weighted by atomic mass is 10.2.